The molecule has 30 heavy (non-hydrogen) atoms. The second-order valence-electron chi connectivity index (χ2n) is 6.88. The Kier molecular flexibility index (Phi) is 6.86. The molecular formula is C23H20Cl2O4S. The number of methoxy groups -OCH3 is 1. The van der Waals surface area contributed by atoms with Crippen LogP contribution in [0.25, 0.3) is 0 Å². The van der Waals surface area contributed by atoms with Crippen molar-refractivity contribution in [3.05, 3.63) is 93.5 Å². The summed E-state index contributed by atoms with van der Waals surface area (Å²) in [5, 5.41) is -0.562. The van der Waals surface area contributed by atoms with Crippen molar-refractivity contribution in [1.82, 2.24) is 0 Å². The third-order valence-electron chi connectivity index (χ3n) is 4.82. The van der Waals surface area contributed by atoms with E-state index in [1.807, 2.05) is 6.92 Å². The Morgan fingerprint density at radius 2 is 1.57 bits per heavy atom. The maximum atomic E-state index is 13.5. The minimum absolute atomic E-state index is 0.145. The first kappa shape index (κ1) is 22.3. The largest absolute Gasteiger partial charge is 0.497 e. The van der Waals surface area contributed by atoms with Crippen LogP contribution in [0.1, 0.15) is 33.2 Å². The van der Waals surface area contributed by atoms with Crippen molar-refractivity contribution in [2.45, 2.75) is 23.5 Å². The molecule has 0 saturated carbocycles. The Morgan fingerprint density at radius 3 is 2.13 bits per heavy atom. The number of rotatable bonds is 7. The van der Waals surface area contributed by atoms with E-state index < -0.39 is 15.1 Å². The van der Waals surface area contributed by atoms with Gasteiger partial charge in [0, 0.05) is 12.0 Å². The second kappa shape index (κ2) is 9.21. The molecule has 4 nitrogen and oxygen atoms in total. The monoisotopic (exact) mass is 462 g/mol. The summed E-state index contributed by atoms with van der Waals surface area (Å²) in [6.45, 7) is 1.88. The smallest absolute Gasteiger partial charge is 0.185 e. The second-order valence-corrected chi connectivity index (χ2v) is 9.82. The highest BCUT2D eigenvalue weighted by molar-refractivity contribution is 7.91. The van der Waals surface area contributed by atoms with Gasteiger partial charge in [0.1, 0.15) is 5.75 Å². The average Bonchev–Trinajstić information content (AvgIpc) is 2.74. The van der Waals surface area contributed by atoms with E-state index in [1.54, 1.807) is 54.6 Å². The van der Waals surface area contributed by atoms with Crippen molar-refractivity contribution in [3.8, 4) is 5.75 Å². The number of benzene rings is 3. The van der Waals surface area contributed by atoms with Crippen LogP contribution >= 0.6 is 23.2 Å². The third kappa shape index (κ3) is 4.86. The van der Waals surface area contributed by atoms with Crippen molar-refractivity contribution < 1.29 is 17.9 Å². The molecule has 0 aromatic heterocycles. The van der Waals surface area contributed by atoms with Gasteiger partial charge in [0.25, 0.3) is 0 Å². The van der Waals surface area contributed by atoms with Gasteiger partial charge in [-0.15, -0.1) is 0 Å². The number of halogens is 2. The molecule has 7 heteroatoms. The van der Waals surface area contributed by atoms with Crippen LogP contribution in [0.15, 0.2) is 71.6 Å². The summed E-state index contributed by atoms with van der Waals surface area (Å²) in [6, 6.07) is 17.7. The van der Waals surface area contributed by atoms with E-state index in [4.69, 9.17) is 27.9 Å². The fourth-order valence-electron chi connectivity index (χ4n) is 3.07. The number of carbonyl (C=O) groups is 1. The highest BCUT2D eigenvalue weighted by Gasteiger charge is 2.32. The van der Waals surface area contributed by atoms with Crippen molar-refractivity contribution in [1.29, 1.82) is 0 Å². The molecule has 0 fully saturated rings. The lowest BCUT2D eigenvalue weighted by Gasteiger charge is -2.19. The van der Waals surface area contributed by atoms with Crippen LogP contribution in [-0.2, 0) is 9.84 Å². The quantitative estimate of drug-likeness (QED) is 0.398. The van der Waals surface area contributed by atoms with Gasteiger partial charge in [0.05, 0.1) is 27.3 Å². The van der Waals surface area contributed by atoms with Gasteiger partial charge in [0.2, 0.25) is 0 Å². The van der Waals surface area contributed by atoms with E-state index in [0.29, 0.717) is 21.9 Å². The van der Waals surface area contributed by atoms with Gasteiger partial charge < -0.3 is 4.74 Å². The highest BCUT2D eigenvalue weighted by atomic mass is 35.5. The number of aryl methyl sites for hydroxylation is 1. The fraction of sp³-hybridized carbons (Fsp3) is 0.174. The summed E-state index contributed by atoms with van der Waals surface area (Å²) in [5.41, 5.74) is 1.75. The predicted octanol–water partition coefficient (Wildman–Crippen LogP) is 6.10. The summed E-state index contributed by atoms with van der Waals surface area (Å²) in [6.07, 6.45) is -0.236. The van der Waals surface area contributed by atoms with E-state index in [0.717, 1.165) is 5.56 Å². The molecule has 0 spiro atoms. The molecule has 156 valence electrons. The number of carbonyl (C=O) groups excluding carboxylic acids is 1. The zero-order valence-corrected chi connectivity index (χ0v) is 18.8. The van der Waals surface area contributed by atoms with E-state index in [9.17, 15) is 13.2 Å². The van der Waals surface area contributed by atoms with Gasteiger partial charge >= 0.3 is 0 Å². The number of sulfone groups is 1. The Balaban J connectivity index is 2.03. The Hall–Kier alpha value is -2.34. The number of hydrogen-bond acceptors (Lipinski definition) is 4. The minimum atomic E-state index is -3.86. The molecular weight excluding hydrogens is 443 g/mol. The summed E-state index contributed by atoms with van der Waals surface area (Å²) < 4.78 is 32.0. The molecule has 0 unspecified atom stereocenters. The molecule has 0 saturated heterocycles. The first-order valence-electron chi connectivity index (χ1n) is 9.15. The lowest BCUT2D eigenvalue weighted by atomic mass is 10.0. The zero-order chi connectivity index (χ0) is 21.9. The van der Waals surface area contributed by atoms with Gasteiger partial charge in [0.15, 0.2) is 15.6 Å². The van der Waals surface area contributed by atoms with Gasteiger partial charge in [-0.3, -0.25) is 4.79 Å². The molecule has 0 N–H and O–H groups in total. The Bertz CT molecular complexity index is 1150. The van der Waals surface area contributed by atoms with Gasteiger partial charge in [-0.2, -0.15) is 0 Å². The van der Waals surface area contributed by atoms with Gasteiger partial charge in [-0.25, -0.2) is 8.42 Å². The fourth-order valence-corrected chi connectivity index (χ4v) is 5.10. The Morgan fingerprint density at radius 1 is 0.933 bits per heavy atom. The third-order valence-corrected chi connectivity index (χ3v) is 7.68. The van der Waals surface area contributed by atoms with Gasteiger partial charge in [-0.05, 0) is 61.0 Å². The van der Waals surface area contributed by atoms with E-state index in [1.165, 1.54) is 19.2 Å². The number of ketones is 1. The summed E-state index contributed by atoms with van der Waals surface area (Å²) in [5.74, 6) is 0.310. The van der Waals surface area contributed by atoms with Crippen LogP contribution in [-0.4, -0.2) is 21.3 Å². The molecule has 1 atom stereocenters. The van der Waals surface area contributed by atoms with Crippen molar-refractivity contribution >= 4 is 38.8 Å². The van der Waals surface area contributed by atoms with E-state index in [-0.39, 0.29) is 22.1 Å². The van der Waals surface area contributed by atoms with Crippen molar-refractivity contribution in [2.75, 3.05) is 7.11 Å². The molecule has 0 amide bonds. The zero-order valence-electron chi connectivity index (χ0n) is 16.4. The summed E-state index contributed by atoms with van der Waals surface area (Å²) in [7, 11) is -2.33. The molecule has 0 bridgehead atoms. The van der Waals surface area contributed by atoms with Crippen LogP contribution in [0.2, 0.25) is 10.0 Å². The molecule has 0 aliphatic carbocycles. The normalized spacial score (nSPS) is 12.4. The molecule has 3 aromatic rings. The molecule has 3 aromatic carbocycles. The van der Waals surface area contributed by atoms with Crippen LogP contribution in [0.4, 0.5) is 0 Å². The Labute approximate surface area is 186 Å². The maximum absolute atomic E-state index is 13.5. The standard InChI is InChI=1S/C23H20Cl2O4S/c1-15-3-10-19(11-4-15)30(27,28)23(17-7-12-20(24)21(25)13-17)14-22(26)16-5-8-18(29-2)9-6-16/h3-13,23H,14H2,1-2H3/t23-/m1/s1. The van der Waals surface area contributed by atoms with Crippen molar-refractivity contribution in [3.63, 3.8) is 0 Å². The van der Waals surface area contributed by atoms with Crippen LogP contribution in [0.3, 0.4) is 0 Å². The number of ether oxygens (including phenoxy) is 1. The predicted molar refractivity (Wildman–Crippen MR) is 120 cm³/mol. The van der Waals surface area contributed by atoms with Crippen LogP contribution in [0.5, 0.6) is 5.75 Å². The molecule has 0 heterocycles. The summed E-state index contributed by atoms with van der Waals surface area (Å²) in [4.78, 5) is 13.1. The summed E-state index contributed by atoms with van der Waals surface area (Å²) >= 11 is 12.1. The average molecular weight is 463 g/mol. The lowest BCUT2D eigenvalue weighted by Crippen LogP contribution is -2.18. The van der Waals surface area contributed by atoms with Gasteiger partial charge in [-0.1, -0.05) is 47.0 Å². The first-order chi connectivity index (χ1) is 14.2. The molecule has 0 radical (unpaired) electrons. The molecule has 0 aliphatic rings. The lowest BCUT2D eigenvalue weighted by molar-refractivity contribution is 0.0980. The molecule has 0 aliphatic heterocycles. The number of Topliss-reactive ketones (excluding diaryl/α,β-unsaturated/α-hetero) is 1. The van der Waals surface area contributed by atoms with E-state index >= 15 is 0 Å². The SMILES string of the molecule is COc1ccc(C(=O)C[C@H](c2ccc(Cl)c(Cl)c2)S(=O)(=O)c2ccc(C)cc2)cc1. The highest BCUT2D eigenvalue weighted by Crippen LogP contribution is 2.36. The van der Waals surface area contributed by atoms with E-state index in [2.05, 4.69) is 0 Å². The maximum Gasteiger partial charge on any atom is 0.185 e. The number of hydrogen-bond donors (Lipinski definition) is 0. The topological polar surface area (TPSA) is 60.4 Å². The van der Waals surface area contributed by atoms with Crippen LogP contribution in [0, 0.1) is 6.92 Å². The van der Waals surface area contributed by atoms with Crippen molar-refractivity contribution in [2.24, 2.45) is 0 Å². The minimum Gasteiger partial charge on any atom is -0.497 e. The van der Waals surface area contributed by atoms with Crippen LogP contribution < -0.4 is 4.74 Å². The molecule has 3 rings (SSSR count). The first-order valence-corrected chi connectivity index (χ1v) is 11.5.